The third kappa shape index (κ3) is 4.53. The van der Waals surface area contributed by atoms with Crippen LogP contribution in [-0.4, -0.2) is 46.2 Å². The fourth-order valence-corrected chi connectivity index (χ4v) is 2.52. The van der Waals surface area contributed by atoms with Gasteiger partial charge < -0.3 is 14.6 Å². The molecule has 2 N–H and O–H groups in total. The summed E-state index contributed by atoms with van der Waals surface area (Å²) < 4.78 is 11.6. The average Bonchev–Trinajstić information content (AvgIpc) is 3.08. The number of phenols is 1. The summed E-state index contributed by atoms with van der Waals surface area (Å²) in [6.07, 6.45) is 2.33. The van der Waals surface area contributed by atoms with Crippen molar-refractivity contribution in [3.8, 4) is 17.4 Å². The Morgan fingerprint density at radius 3 is 2.74 bits per heavy atom. The zero-order valence-electron chi connectivity index (χ0n) is 14.5. The largest absolute Gasteiger partial charge is 0.504 e. The van der Waals surface area contributed by atoms with Crippen LogP contribution < -0.4 is 14.9 Å². The van der Waals surface area contributed by atoms with Crippen LogP contribution in [0, 0.1) is 10.1 Å². The van der Waals surface area contributed by atoms with Crippen molar-refractivity contribution in [2.24, 2.45) is 5.10 Å². The molecule has 0 radical (unpaired) electrons. The number of phenolic OH excluding ortho intramolecular Hbond substituents is 1. The second kappa shape index (κ2) is 8.49. The molecule has 27 heavy (non-hydrogen) atoms. The van der Waals surface area contributed by atoms with E-state index < -0.39 is 16.9 Å². The second-order valence-corrected chi connectivity index (χ2v) is 6.13. The van der Waals surface area contributed by atoms with Crippen LogP contribution in [0.5, 0.6) is 17.4 Å². The van der Waals surface area contributed by atoms with E-state index >= 15 is 0 Å². The maximum Gasteiger partial charge on any atom is 0.350 e. The lowest BCUT2D eigenvalue weighted by atomic mass is 10.2. The maximum atomic E-state index is 12.2. The van der Waals surface area contributed by atoms with E-state index in [4.69, 9.17) is 9.47 Å². The number of nitro groups is 1. The highest BCUT2D eigenvalue weighted by Gasteiger charge is 2.25. The summed E-state index contributed by atoms with van der Waals surface area (Å²) in [5.74, 6) is -0.678. The fraction of sp³-hybridized carbons (Fsp3) is 0.267. The first kappa shape index (κ1) is 20.2. The number of rotatable bonds is 7. The monoisotopic (exact) mass is 441 g/mol. The molecule has 1 aromatic heterocycles. The minimum Gasteiger partial charge on any atom is -0.504 e. The minimum absolute atomic E-state index is 0.140. The Morgan fingerprint density at radius 1 is 1.48 bits per heavy atom. The van der Waals surface area contributed by atoms with E-state index in [-0.39, 0.29) is 23.1 Å². The van der Waals surface area contributed by atoms with Crippen molar-refractivity contribution in [3.63, 3.8) is 0 Å². The molecule has 1 heterocycles. The van der Waals surface area contributed by atoms with Crippen LogP contribution in [0.15, 0.2) is 27.9 Å². The minimum atomic E-state index is -0.893. The topological polar surface area (TPSA) is 141 Å². The van der Waals surface area contributed by atoms with Gasteiger partial charge in [-0.3, -0.25) is 14.9 Å². The van der Waals surface area contributed by atoms with E-state index in [0.717, 1.165) is 10.9 Å². The first-order valence-corrected chi connectivity index (χ1v) is 8.24. The number of aromatic hydroxyl groups is 1. The molecule has 11 nitrogen and oxygen atoms in total. The fourth-order valence-electron chi connectivity index (χ4n) is 2.06. The van der Waals surface area contributed by atoms with Crippen LogP contribution in [0.25, 0.3) is 0 Å². The summed E-state index contributed by atoms with van der Waals surface area (Å²) in [6, 6.07) is 2.26. The van der Waals surface area contributed by atoms with Gasteiger partial charge in [0, 0.05) is 10.0 Å². The molecule has 0 saturated carbocycles. The van der Waals surface area contributed by atoms with Gasteiger partial charge in [-0.2, -0.15) is 5.10 Å². The zero-order chi connectivity index (χ0) is 20.1. The van der Waals surface area contributed by atoms with Gasteiger partial charge >= 0.3 is 11.6 Å². The van der Waals surface area contributed by atoms with Gasteiger partial charge in [0.05, 0.1) is 25.4 Å². The Morgan fingerprint density at radius 2 is 2.19 bits per heavy atom. The van der Waals surface area contributed by atoms with Crippen molar-refractivity contribution in [2.75, 3.05) is 14.2 Å². The Labute approximate surface area is 161 Å². The molecule has 1 unspecified atom stereocenters. The third-order valence-corrected chi connectivity index (χ3v) is 3.97. The number of halogens is 1. The van der Waals surface area contributed by atoms with Gasteiger partial charge in [-0.05, 0) is 19.1 Å². The summed E-state index contributed by atoms with van der Waals surface area (Å²) in [7, 11) is 2.65. The number of ether oxygens (including phenoxy) is 2. The molecular weight excluding hydrogens is 426 g/mol. The molecular formula is C15H16BrN5O6. The van der Waals surface area contributed by atoms with E-state index in [0.29, 0.717) is 10.0 Å². The lowest BCUT2D eigenvalue weighted by Crippen LogP contribution is -2.27. The molecule has 1 atom stereocenters. The van der Waals surface area contributed by atoms with Crippen molar-refractivity contribution in [1.82, 2.24) is 15.2 Å². The summed E-state index contributed by atoms with van der Waals surface area (Å²) in [5.41, 5.74) is 2.24. The van der Waals surface area contributed by atoms with Crippen LogP contribution in [-0.2, 0) is 4.79 Å². The smallest absolute Gasteiger partial charge is 0.350 e. The molecule has 0 aliphatic heterocycles. The standard InChI is InChI=1S/C15H16BrN5O6/c1-8(20-7-11(21(24)25)15(19-20)27-3)14(23)18-17-6-9-4-10(16)5-12(26-2)13(9)22/h4-8,22H,1-3H3,(H,18,23)/b17-6+. The van der Waals surface area contributed by atoms with Crippen LogP contribution >= 0.6 is 15.9 Å². The predicted molar refractivity (Wildman–Crippen MR) is 98.2 cm³/mol. The molecule has 0 fully saturated rings. The zero-order valence-corrected chi connectivity index (χ0v) is 16.1. The van der Waals surface area contributed by atoms with E-state index in [1.54, 1.807) is 12.1 Å². The van der Waals surface area contributed by atoms with Crippen LogP contribution in [0.1, 0.15) is 18.5 Å². The van der Waals surface area contributed by atoms with Crippen LogP contribution in [0.3, 0.4) is 0 Å². The number of carbonyl (C=O) groups excluding carboxylic acids is 1. The molecule has 0 saturated heterocycles. The van der Waals surface area contributed by atoms with E-state index in [9.17, 15) is 20.0 Å². The van der Waals surface area contributed by atoms with Gasteiger partial charge in [-0.15, -0.1) is 5.10 Å². The number of nitrogens with zero attached hydrogens (tertiary/aromatic N) is 4. The molecule has 12 heteroatoms. The van der Waals surface area contributed by atoms with Gasteiger partial charge in [0.1, 0.15) is 12.2 Å². The number of carbonyl (C=O) groups is 1. The number of hydrogen-bond acceptors (Lipinski definition) is 8. The van der Waals surface area contributed by atoms with Crippen molar-refractivity contribution < 1.29 is 24.3 Å². The van der Waals surface area contributed by atoms with E-state index in [1.165, 1.54) is 27.4 Å². The molecule has 2 aromatic rings. The van der Waals surface area contributed by atoms with Gasteiger partial charge in [0.15, 0.2) is 11.5 Å². The molecule has 0 aliphatic carbocycles. The van der Waals surface area contributed by atoms with E-state index in [2.05, 4.69) is 31.6 Å². The number of aromatic nitrogens is 2. The second-order valence-electron chi connectivity index (χ2n) is 5.22. The maximum absolute atomic E-state index is 12.2. The van der Waals surface area contributed by atoms with Crippen molar-refractivity contribution in [3.05, 3.63) is 38.5 Å². The third-order valence-electron chi connectivity index (χ3n) is 3.51. The lowest BCUT2D eigenvalue weighted by molar-refractivity contribution is -0.385. The summed E-state index contributed by atoms with van der Waals surface area (Å²) >= 11 is 3.27. The van der Waals surface area contributed by atoms with Crippen molar-refractivity contribution in [1.29, 1.82) is 0 Å². The van der Waals surface area contributed by atoms with E-state index in [1.807, 2.05) is 0 Å². The molecule has 144 valence electrons. The SMILES string of the molecule is COc1cc(Br)cc(/C=N/NC(=O)C(C)n2cc([N+](=O)[O-])c(OC)n2)c1O. The predicted octanol–water partition coefficient (Wildman–Crippen LogP) is 1.99. The number of methoxy groups -OCH3 is 2. The Kier molecular flexibility index (Phi) is 6.34. The summed E-state index contributed by atoms with van der Waals surface area (Å²) in [5, 5.41) is 28.6. The first-order valence-electron chi connectivity index (χ1n) is 7.45. The quantitative estimate of drug-likeness (QED) is 0.380. The molecule has 1 aromatic carbocycles. The normalized spacial score (nSPS) is 12.0. The first-order chi connectivity index (χ1) is 12.8. The Bertz CT molecular complexity index is 897. The van der Waals surface area contributed by atoms with Gasteiger partial charge in [0.2, 0.25) is 0 Å². The van der Waals surface area contributed by atoms with Gasteiger partial charge in [-0.25, -0.2) is 10.1 Å². The number of benzene rings is 1. The number of nitrogens with one attached hydrogen (secondary N) is 1. The average molecular weight is 442 g/mol. The van der Waals surface area contributed by atoms with Crippen molar-refractivity contribution >= 4 is 33.7 Å². The summed E-state index contributed by atoms with van der Waals surface area (Å²) in [6.45, 7) is 1.49. The van der Waals surface area contributed by atoms with Crippen LogP contribution in [0.2, 0.25) is 0 Å². The Balaban J connectivity index is 2.13. The molecule has 0 bridgehead atoms. The summed E-state index contributed by atoms with van der Waals surface area (Å²) in [4.78, 5) is 22.5. The highest BCUT2D eigenvalue weighted by atomic mass is 79.9. The molecule has 0 spiro atoms. The lowest BCUT2D eigenvalue weighted by Gasteiger charge is -2.09. The number of hydrazone groups is 1. The highest BCUT2D eigenvalue weighted by Crippen LogP contribution is 2.32. The van der Waals surface area contributed by atoms with Gasteiger partial charge in [0.25, 0.3) is 5.91 Å². The Hall–Kier alpha value is -3.15. The number of amides is 1. The van der Waals surface area contributed by atoms with Gasteiger partial charge in [-0.1, -0.05) is 15.9 Å². The van der Waals surface area contributed by atoms with Crippen LogP contribution in [0.4, 0.5) is 5.69 Å². The number of hydrogen-bond donors (Lipinski definition) is 2. The molecule has 1 amide bonds. The molecule has 2 rings (SSSR count). The van der Waals surface area contributed by atoms with Crippen molar-refractivity contribution in [2.45, 2.75) is 13.0 Å². The highest BCUT2D eigenvalue weighted by molar-refractivity contribution is 9.10. The molecule has 0 aliphatic rings.